The molecule has 3 heterocycles. The molecule has 1 saturated carbocycles. The summed E-state index contributed by atoms with van der Waals surface area (Å²) in [5, 5.41) is 10.5. The summed E-state index contributed by atoms with van der Waals surface area (Å²) < 4.78 is 0. The van der Waals surface area contributed by atoms with Crippen molar-refractivity contribution >= 4 is 22.8 Å². The van der Waals surface area contributed by atoms with Crippen LogP contribution in [-0.2, 0) is 4.79 Å². The Morgan fingerprint density at radius 1 is 1.30 bits per heavy atom. The lowest BCUT2D eigenvalue weighted by Gasteiger charge is -2.24. The molecule has 2 N–H and O–H groups in total. The number of pyridine rings is 1. The molecular weight excluding hydrogens is 294 g/mol. The molecule has 1 saturated heterocycles. The average Bonchev–Trinajstić information content (AvgIpc) is 3.18. The van der Waals surface area contributed by atoms with Gasteiger partial charge in [-0.2, -0.15) is 5.10 Å². The van der Waals surface area contributed by atoms with Crippen LogP contribution in [0.25, 0.3) is 11.0 Å². The lowest BCUT2D eigenvalue weighted by molar-refractivity contribution is -0.124. The Balaban J connectivity index is 1.51. The standard InChI is InChI=1S/C16H19N5O2/c1-21(12-4-10-6-14(22)17-7-11(10)5-12)16(23)13-3-2-9-8-18-20-15(9)19-13/h2-3,8,10-12H,4-7H2,1H3,(H,17,22)(H,18,19,20)/t10-,11+,12-/m0/s1. The van der Waals surface area contributed by atoms with E-state index in [2.05, 4.69) is 20.5 Å². The average molecular weight is 313 g/mol. The van der Waals surface area contributed by atoms with Crippen molar-refractivity contribution in [3.05, 3.63) is 24.0 Å². The Kier molecular flexibility index (Phi) is 3.28. The highest BCUT2D eigenvalue weighted by atomic mass is 16.2. The van der Waals surface area contributed by atoms with Gasteiger partial charge in [-0.1, -0.05) is 0 Å². The summed E-state index contributed by atoms with van der Waals surface area (Å²) in [6, 6.07) is 3.76. The zero-order chi connectivity index (χ0) is 16.0. The Labute approximate surface area is 133 Å². The van der Waals surface area contributed by atoms with Gasteiger partial charge in [0.1, 0.15) is 5.69 Å². The van der Waals surface area contributed by atoms with E-state index < -0.39 is 0 Å². The Hall–Kier alpha value is -2.44. The first kappa shape index (κ1) is 14.2. The number of hydrogen-bond acceptors (Lipinski definition) is 4. The molecule has 23 heavy (non-hydrogen) atoms. The predicted octanol–water partition coefficient (Wildman–Crippen LogP) is 0.945. The van der Waals surface area contributed by atoms with E-state index >= 15 is 0 Å². The molecule has 0 radical (unpaired) electrons. The van der Waals surface area contributed by atoms with Gasteiger partial charge in [-0.15, -0.1) is 0 Å². The maximum atomic E-state index is 12.7. The zero-order valence-corrected chi connectivity index (χ0v) is 13.0. The monoisotopic (exact) mass is 313 g/mol. The lowest BCUT2D eigenvalue weighted by atomic mass is 9.89. The van der Waals surface area contributed by atoms with Crippen LogP contribution in [0.1, 0.15) is 29.8 Å². The molecule has 0 bridgehead atoms. The van der Waals surface area contributed by atoms with E-state index in [-0.39, 0.29) is 17.9 Å². The lowest BCUT2D eigenvalue weighted by Crippen LogP contribution is -2.38. The second-order valence-electron chi connectivity index (χ2n) is 6.57. The van der Waals surface area contributed by atoms with Crippen molar-refractivity contribution in [1.29, 1.82) is 0 Å². The highest BCUT2D eigenvalue weighted by Gasteiger charge is 2.40. The minimum atomic E-state index is -0.0792. The molecule has 1 aliphatic carbocycles. The molecule has 2 fully saturated rings. The quantitative estimate of drug-likeness (QED) is 0.863. The van der Waals surface area contributed by atoms with Gasteiger partial charge in [0.05, 0.1) is 6.20 Å². The number of amides is 2. The van der Waals surface area contributed by atoms with Crippen molar-refractivity contribution < 1.29 is 9.59 Å². The summed E-state index contributed by atoms with van der Waals surface area (Å²) >= 11 is 0. The number of rotatable bonds is 2. The summed E-state index contributed by atoms with van der Waals surface area (Å²) in [5.41, 5.74) is 1.05. The molecule has 2 amide bonds. The highest BCUT2D eigenvalue weighted by Crippen LogP contribution is 2.38. The molecule has 0 unspecified atom stereocenters. The predicted molar refractivity (Wildman–Crippen MR) is 83.6 cm³/mol. The van der Waals surface area contributed by atoms with E-state index in [0.29, 0.717) is 29.6 Å². The van der Waals surface area contributed by atoms with Gasteiger partial charge >= 0.3 is 0 Å². The molecule has 3 atom stereocenters. The van der Waals surface area contributed by atoms with Gasteiger partial charge < -0.3 is 10.2 Å². The molecule has 4 rings (SSSR count). The number of aromatic amines is 1. The number of hydrogen-bond donors (Lipinski definition) is 2. The molecule has 120 valence electrons. The molecule has 1 aliphatic heterocycles. The third-order valence-corrected chi connectivity index (χ3v) is 5.21. The molecule has 2 aliphatic rings. The normalized spacial score (nSPS) is 26.8. The van der Waals surface area contributed by atoms with Crippen molar-refractivity contribution in [2.24, 2.45) is 11.8 Å². The maximum Gasteiger partial charge on any atom is 0.272 e. The third kappa shape index (κ3) is 2.46. The second kappa shape index (κ2) is 5.33. The Bertz CT molecular complexity index is 771. The SMILES string of the molecule is CN(C(=O)c1ccc2cn[nH]c2n1)[C@H]1C[C@H]2CC(=O)NC[C@H]2C1. The van der Waals surface area contributed by atoms with E-state index in [9.17, 15) is 9.59 Å². The van der Waals surface area contributed by atoms with Crippen LogP contribution >= 0.6 is 0 Å². The number of carbonyl (C=O) groups excluding carboxylic acids is 2. The minimum Gasteiger partial charge on any atom is -0.356 e. The number of aromatic nitrogens is 3. The van der Waals surface area contributed by atoms with Gasteiger partial charge in [0.15, 0.2) is 5.65 Å². The maximum absolute atomic E-state index is 12.7. The second-order valence-corrected chi connectivity index (χ2v) is 6.57. The van der Waals surface area contributed by atoms with Crippen molar-refractivity contribution in [2.75, 3.05) is 13.6 Å². The van der Waals surface area contributed by atoms with Crippen LogP contribution in [0.2, 0.25) is 0 Å². The highest BCUT2D eigenvalue weighted by molar-refractivity contribution is 5.94. The summed E-state index contributed by atoms with van der Waals surface area (Å²) in [5.74, 6) is 0.930. The van der Waals surface area contributed by atoms with Crippen LogP contribution in [0.15, 0.2) is 18.3 Å². The van der Waals surface area contributed by atoms with E-state index in [1.54, 1.807) is 17.2 Å². The first-order valence-corrected chi connectivity index (χ1v) is 7.96. The largest absolute Gasteiger partial charge is 0.356 e. The van der Waals surface area contributed by atoms with E-state index in [0.717, 1.165) is 24.8 Å². The third-order valence-electron chi connectivity index (χ3n) is 5.21. The van der Waals surface area contributed by atoms with Gasteiger partial charge in [0, 0.05) is 31.4 Å². The van der Waals surface area contributed by atoms with Crippen molar-refractivity contribution in [1.82, 2.24) is 25.4 Å². The van der Waals surface area contributed by atoms with Gasteiger partial charge in [-0.25, -0.2) is 4.98 Å². The van der Waals surface area contributed by atoms with Crippen molar-refractivity contribution in [3.63, 3.8) is 0 Å². The van der Waals surface area contributed by atoms with Crippen LogP contribution < -0.4 is 5.32 Å². The van der Waals surface area contributed by atoms with Crippen LogP contribution in [0.5, 0.6) is 0 Å². The smallest absolute Gasteiger partial charge is 0.272 e. The van der Waals surface area contributed by atoms with Gasteiger partial charge in [-0.05, 0) is 36.8 Å². The fourth-order valence-corrected chi connectivity index (χ4v) is 3.84. The molecule has 7 nitrogen and oxygen atoms in total. The van der Waals surface area contributed by atoms with Gasteiger partial charge in [0.2, 0.25) is 5.91 Å². The summed E-state index contributed by atoms with van der Waals surface area (Å²) in [6.45, 7) is 0.736. The Morgan fingerprint density at radius 3 is 3.00 bits per heavy atom. The number of nitrogens with zero attached hydrogens (tertiary/aromatic N) is 3. The first-order valence-electron chi connectivity index (χ1n) is 7.96. The van der Waals surface area contributed by atoms with E-state index in [1.165, 1.54) is 0 Å². The molecule has 2 aromatic rings. The Morgan fingerprint density at radius 2 is 2.13 bits per heavy atom. The van der Waals surface area contributed by atoms with Gasteiger partial charge in [-0.3, -0.25) is 14.7 Å². The number of nitrogens with one attached hydrogen (secondary N) is 2. The van der Waals surface area contributed by atoms with Crippen LogP contribution in [0.4, 0.5) is 0 Å². The first-order chi connectivity index (χ1) is 11.1. The fourth-order valence-electron chi connectivity index (χ4n) is 3.84. The molecule has 7 heteroatoms. The minimum absolute atomic E-state index is 0.0792. The summed E-state index contributed by atoms with van der Waals surface area (Å²) in [7, 11) is 1.83. The molecule has 0 spiro atoms. The van der Waals surface area contributed by atoms with E-state index in [1.807, 2.05) is 13.1 Å². The topological polar surface area (TPSA) is 91.0 Å². The number of piperidine rings is 1. The van der Waals surface area contributed by atoms with Crippen LogP contribution in [0.3, 0.4) is 0 Å². The zero-order valence-electron chi connectivity index (χ0n) is 13.0. The molecule has 0 aromatic carbocycles. The fraction of sp³-hybridized carbons (Fsp3) is 0.500. The summed E-state index contributed by atoms with van der Waals surface area (Å²) in [4.78, 5) is 30.4. The molecular formula is C16H19N5O2. The van der Waals surface area contributed by atoms with Crippen molar-refractivity contribution in [3.8, 4) is 0 Å². The van der Waals surface area contributed by atoms with Crippen LogP contribution in [-0.4, -0.2) is 51.5 Å². The van der Waals surface area contributed by atoms with E-state index in [4.69, 9.17) is 0 Å². The van der Waals surface area contributed by atoms with Gasteiger partial charge in [0.25, 0.3) is 5.91 Å². The number of H-pyrrole nitrogens is 1. The van der Waals surface area contributed by atoms with Crippen molar-refractivity contribution in [2.45, 2.75) is 25.3 Å². The number of fused-ring (bicyclic) bond motifs is 2. The summed E-state index contributed by atoms with van der Waals surface area (Å²) in [6.07, 6.45) is 4.11. The number of carbonyl (C=O) groups is 2. The van der Waals surface area contributed by atoms with Crippen LogP contribution in [0, 0.1) is 11.8 Å². The molecule has 2 aromatic heterocycles.